The molecule has 19 heavy (non-hydrogen) atoms. The molecule has 1 aromatic heterocycles. The number of nitrogens with zero attached hydrogens (tertiary/aromatic N) is 2. The zero-order valence-electron chi connectivity index (χ0n) is 13.3. The molecule has 0 bridgehead atoms. The van der Waals surface area contributed by atoms with Crippen LogP contribution in [0.2, 0.25) is 0 Å². The minimum Gasteiger partial charge on any atom is -0.481 e. The maximum absolute atomic E-state index is 5.42. The third-order valence-electron chi connectivity index (χ3n) is 3.06. The Bertz CT molecular complexity index is 453. The van der Waals surface area contributed by atoms with Gasteiger partial charge in [-0.2, -0.15) is 5.10 Å². The summed E-state index contributed by atoms with van der Waals surface area (Å²) < 4.78 is 7.21. The summed E-state index contributed by atoms with van der Waals surface area (Å²) in [6.07, 6.45) is 3.21. The molecule has 0 fully saturated rings. The Morgan fingerprint density at radius 3 is 2.53 bits per heavy atom. The lowest BCUT2D eigenvalue weighted by Crippen LogP contribution is -2.36. The second-order valence-corrected chi connectivity index (χ2v) is 5.89. The maximum atomic E-state index is 5.42. The van der Waals surface area contributed by atoms with E-state index in [1.54, 1.807) is 11.8 Å². The van der Waals surface area contributed by atoms with Gasteiger partial charge in [0.05, 0.1) is 18.4 Å². The van der Waals surface area contributed by atoms with Crippen LogP contribution in [0, 0.1) is 6.92 Å². The van der Waals surface area contributed by atoms with Crippen LogP contribution in [0.15, 0.2) is 5.57 Å². The molecule has 1 heterocycles. The molecule has 0 unspecified atom stereocenters. The van der Waals surface area contributed by atoms with Crippen molar-refractivity contribution in [3.05, 3.63) is 16.8 Å². The molecule has 0 aliphatic carbocycles. The standard InChI is InChI=1S/C15H27N3O/c1-8-12(10-16-15(3,4)5)9-13-11(2)17-18(6)14(13)19-7/h9,16H,8,10H2,1-7H3. The highest BCUT2D eigenvalue weighted by Gasteiger charge is 2.13. The first-order valence-corrected chi connectivity index (χ1v) is 6.80. The lowest BCUT2D eigenvalue weighted by Gasteiger charge is -2.21. The van der Waals surface area contributed by atoms with Gasteiger partial charge in [0.15, 0.2) is 0 Å². The van der Waals surface area contributed by atoms with E-state index < -0.39 is 0 Å². The van der Waals surface area contributed by atoms with Crippen molar-refractivity contribution in [2.75, 3.05) is 13.7 Å². The first-order valence-electron chi connectivity index (χ1n) is 6.80. The molecule has 0 saturated heterocycles. The average Bonchev–Trinajstić information content (AvgIpc) is 2.57. The van der Waals surface area contributed by atoms with Crippen LogP contribution in [0.3, 0.4) is 0 Å². The van der Waals surface area contributed by atoms with Crippen LogP contribution in [-0.2, 0) is 7.05 Å². The summed E-state index contributed by atoms with van der Waals surface area (Å²) in [5.41, 5.74) is 3.56. The number of methoxy groups -OCH3 is 1. The van der Waals surface area contributed by atoms with E-state index >= 15 is 0 Å². The van der Waals surface area contributed by atoms with Crippen LogP contribution in [0.25, 0.3) is 6.08 Å². The Morgan fingerprint density at radius 2 is 2.05 bits per heavy atom. The van der Waals surface area contributed by atoms with Crippen LogP contribution < -0.4 is 10.1 Å². The van der Waals surface area contributed by atoms with Crippen LogP contribution in [0.1, 0.15) is 45.4 Å². The fourth-order valence-corrected chi connectivity index (χ4v) is 1.92. The van der Waals surface area contributed by atoms with Crippen molar-refractivity contribution in [1.29, 1.82) is 0 Å². The molecule has 1 aromatic rings. The van der Waals surface area contributed by atoms with Gasteiger partial charge >= 0.3 is 0 Å². The molecule has 0 aromatic carbocycles. The van der Waals surface area contributed by atoms with E-state index in [0.717, 1.165) is 30.1 Å². The first-order chi connectivity index (χ1) is 8.78. The number of aryl methyl sites for hydroxylation is 2. The molecule has 4 nitrogen and oxygen atoms in total. The third kappa shape index (κ3) is 4.39. The fraction of sp³-hybridized carbons (Fsp3) is 0.667. The van der Waals surface area contributed by atoms with Crippen LogP contribution in [-0.4, -0.2) is 29.0 Å². The van der Waals surface area contributed by atoms with Crippen LogP contribution >= 0.6 is 0 Å². The molecule has 0 saturated carbocycles. The van der Waals surface area contributed by atoms with E-state index in [9.17, 15) is 0 Å². The number of nitrogens with one attached hydrogen (secondary N) is 1. The van der Waals surface area contributed by atoms with Crippen molar-refractivity contribution in [3.63, 3.8) is 0 Å². The SMILES string of the molecule is CCC(=Cc1c(C)nn(C)c1OC)CNC(C)(C)C. The van der Waals surface area contributed by atoms with Crippen molar-refractivity contribution in [1.82, 2.24) is 15.1 Å². The molecule has 1 rings (SSSR count). The third-order valence-corrected chi connectivity index (χ3v) is 3.06. The number of hydrogen-bond donors (Lipinski definition) is 1. The normalized spacial score (nSPS) is 12.9. The minimum absolute atomic E-state index is 0.127. The summed E-state index contributed by atoms with van der Waals surface area (Å²) in [4.78, 5) is 0. The van der Waals surface area contributed by atoms with E-state index in [2.05, 4.69) is 44.2 Å². The summed E-state index contributed by atoms with van der Waals surface area (Å²) in [5, 5.41) is 7.93. The molecule has 0 spiro atoms. The summed E-state index contributed by atoms with van der Waals surface area (Å²) in [6.45, 7) is 11.6. The van der Waals surface area contributed by atoms with E-state index in [1.807, 2.05) is 14.0 Å². The Hall–Kier alpha value is -1.29. The zero-order valence-corrected chi connectivity index (χ0v) is 13.3. The monoisotopic (exact) mass is 265 g/mol. The van der Waals surface area contributed by atoms with Gasteiger partial charge in [0.25, 0.3) is 0 Å². The van der Waals surface area contributed by atoms with E-state index in [1.165, 1.54) is 5.57 Å². The van der Waals surface area contributed by atoms with Gasteiger partial charge in [0, 0.05) is 19.1 Å². The van der Waals surface area contributed by atoms with Crippen molar-refractivity contribution in [3.8, 4) is 5.88 Å². The zero-order chi connectivity index (χ0) is 14.6. The highest BCUT2D eigenvalue weighted by molar-refractivity contribution is 5.60. The molecular weight excluding hydrogens is 238 g/mol. The highest BCUT2D eigenvalue weighted by atomic mass is 16.5. The Kier molecular flexibility index (Phi) is 5.18. The van der Waals surface area contributed by atoms with Crippen LogP contribution in [0.5, 0.6) is 5.88 Å². The van der Waals surface area contributed by atoms with Gasteiger partial charge in [-0.05, 0) is 40.2 Å². The second kappa shape index (κ2) is 6.24. The number of ether oxygens (including phenoxy) is 1. The van der Waals surface area contributed by atoms with Gasteiger partial charge in [-0.1, -0.05) is 12.5 Å². The molecule has 0 aliphatic heterocycles. The molecule has 1 N–H and O–H groups in total. The summed E-state index contributed by atoms with van der Waals surface area (Å²) >= 11 is 0. The Labute approximate surface area is 116 Å². The lowest BCUT2D eigenvalue weighted by atomic mass is 10.1. The smallest absolute Gasteiger partial charge is 0.218 e. The maximum Gasteiger partial charge on any atom is 0.218 e. The quantitative estimate of drug-likeness (QED) is 0.889. The topological polar surface area (TPSA) is 39.1 Å². The minimum atomic E-state index is 0.127. The summed E-state index contributed by atoms with van der Waals surface area (Å²) in [6, 6.07) is 0. The van der Waals surface area contributed by atoms with Gasteiger partial charge < -0.3 is 10.1 Å². The Balaban J connectivity index is 2.98. The number of hydrogen-bond acceptors (Lipinski definition) is 3. The van der Waals surface area contributed by atoms with Crippen molar-refractivity contribution in [2.45, 2.75) is 46.6 Å². The van der Waals surface area contributed by atoms with Gasteiger partial charge in [-0.3, -0.25) is 0 Å². The predicted octanol–water partition coefficient (Wildman–Crippen LogP) is 2.92. The fourth-order valence-electron chi connectivity index (χ4n) is 1.92. The van der Waals surface area contributed by atoms with Crippen molar-refractivity contribution in [2.24, 2.45) is 7.05 Å². The molecule has 0 atom stereocenters. The first kappa shape index (κ1) is 15.8. The molecule has 108 valence electrons. The van der Waals surface area contributed by atoms with Gasteiger partial charge in [-0.15, -0.1) is 0 Å². The summed E-state index contributed by atoms with van der Waals surface area (Å²) in [7, 11) is 3.59. The van der Waals surface area contributed by atoms with E-state index in [0.29, 0.717) is 0 Å². The van der Waals surface area contributed by atoms with Gasteiger partial charge in [0.1, 0.15) is 0 Å². The average molecular weight is 265 g/mol. The Morgan fingerprint density at radius 1 is 1.42 bits per heavy atom. The highest BCUT2D eigenvalue weighted by Crippen LogP contribution is 2.24. The van der Waals surface area contributed by atoms with Crippen molar-refractivity contribution >= 4 is 6.08 Å². The largest absolute Gasteiger partial charge is 0.481 e. The van der Waals surface area contributed by atoms with Crippen molar-refractivity contribution < 1.29 is 4.74 Å². The van der Waals surface area contributed by atoms with E-state index in [-0.39, 0.29) is 5.54 Å². The lowest BCUT2D eigenvalue weighted by molar-refractivity contribution is 0.372. The molecular formula is C15H27N3O. The van der Waals surface area contributed by atoms with Crippen LogP contribution in [0.4, 0.5) is 0 Å². The number of rotatable bonds is 5. The molecule has 0 aliphatic rings. The van der Waals surface area contributed by atoms with E-state index in [4.69, 9.17) is 4.74 Å². The predicted molar refractivity (Wildman–Crippen MR) is 80.5 cm³/mol. The van der Waals surface area contributed by atoms with Gasteiger partial charge in [0.2, 0.25) is 5.88 Å². The number of aromatic nitrogens is 2. The van der Waals surface area contributed by atoms with Gasteiger partial charge in [-0.25, -0.2) is 4.68 Å². The molecule has 4 heteroatoms. The molecule has 0 radical (unpaired) electrons. The molecule has 0 amide bonds. The summed E-state index contributed by atoms with van der Waals surface area (Å²) in [5.74, 6) is 0.819. The second-order valence-electron chi connectivity index (χ2n) is 5.89.